The lowest BCUT2D eigenvalue weighted by Crippen LogP contribution is -1.98. The van der Waals surface area contributed by atoms with Crippen LogP contribution >= 0.6 is 0 Å². The van der Waals surface area contributed by atoms with Gasteiger partial charge in [0.2, 0.25) is 0 Å². The van der Waals surface area contributed by atoms with Crippen LogP contribution in [0.2, 0.25) is 0 Å². The topological polar surface area (TPSA) is 38.7 Å². The molecule has 0 spiro atoms. The molecule has 0 aliphatic rings. The zero-order chi connectivity index (χ0) is 27.9. The Morgan fingerprint density at radius 1 is 0.357 bits per heavy atom. The highest BCUT2D eigenvalue weighted by Gasteiger charge is 2.19. The number of benzene rings is 6. The van der Waals surface area contributed by atoms with E-state index in [0.717, 1.165) is 66.4 Å². The Kier molecular flexibility index (Phi) is 5.79. The first-order chi connectivity index (χ1) is 20.8. The molecule has 6 aromatic carbocycles. The van der Waals surface area contributed by atoms with E-state index in [9.17, 15) is 0 Å². The Labute approximate surface area is 243 Å². The molecule has 2 aromatic heterocycles. The predicted octanol–water partition coefficient (Wildman–Crippen LogP) is 10.00. The van der Waals surface area contributed by atoms with Crippen molar-refractivity contribution >= 4 is 32.4 Å². The number of para-hydroxylation sites is 1. The molecule has 42 heavy (non-hydrogen) atoms. The fourth-order valence-corrected chi connectivity index (χ4v) is 5.90. The molecular weight excluding hydrogens is 510 g/mol. The summed E-state index contributed by atoms with van der Waals surface area (Å²) in [7, 11) is 0. The standard InChI is InChI=1S/C39H25N3/c1-4-14-26(15-5-1)35-25-36(27-16-6-2-7-17-27)42-39(41-35)32-24-33-37(30-21-11-10-20-29(30)32)31-22-12-13-23-34(31)40-38(33)28-18-8-3-9-19-28/h1-25H. The van der Waals surface area contributed by atoms with Gasteiger partial charge in [0.05, 0.1) is 22.6 Å². The summed E-state index contributed by atoms with van der Waals surface area (Å²) in [6.07, 6.45) is 0. The first kappa shape index (κ1) is 24.2. The number of rotatable bonds is 4. The fraction of sp³-hybridized carbons (Fsp3) is 0. The van der Waals surface area contributed by atoms with Gasteiger partial charge in [-0.25, -0.2) is 15.0 Å². The normalized spacial score (nSPS) is 11.3. The molecule has 3 heteroatoms. The Balaban J connectivity index is 1.50. The predicted molar refractivity (Wildman–Crippen MR) is 174 cm³/mol. The van der Waals surface area contributed by atoms with Gasteiger partial charge in [-0.05, 0) is 29.0 Å². The van der Waals surface area contributed by atoms with Crippen LogP contribution in [0.25, 0.3) is 77.6 Å². The summed E-state index contributed by atoms with van der Waals surface area (Å²) in [5, 5.41) is 5.70. The molecule has 0 amide bonds. The molecule has 8 rings (SSSR count). The van der Waals surface area contributed by atoms with Crippen LogP contribution in [0.4, 0.5) is 0 Å². The smallest absolute Gasteiger partial charge is 0.161 e. The van der Waals surface area contributed by atoms with Gasteiger partial charge in [0.1, 0.15) is 0 Å². The molecule has 0 aliphatic carbocycles. The van der Waals surface area contributed by atoms with Crippen LogP contribution in [-0.4, -0.2) is 15.0 Å². The van der Waals surface area contributed by atoms with Crippen molar-refractivity contribution < 1.29 is 0 Å². The van der Waals surface area contributed by atoms with Crippen LogP contribution in [-0.2, 0) is 0 Å². The average molecular weight is 536 g/mol. The van der Waals surface area contributed by atoms with Crippen LogP contribution in [0.1, 0.15) is 0 Å². The van der Waals surface area contributed by atoms with Gasteiger partial charge in [-0.15, -0.1) is 0 Å². The Morgan fingerprint density at radius 3 is 1.48 bits per heavy atom. The summed E-state index contributed by atoms with van der Waals surface area (Å²) in [4.78, 5) is 15.6. The lowest BCUT2D eigenvalue weighted by atomic mass is 9.92. The molecule has 3 nitrogen and oxygen atoms in total. The first-order valence-electron chi connectivity index (χ1n) is 14.1. The van der Waals surface area contributed by atoms with Gasteiger partial charge < -0.3 is 0 Å². The third-order valence-electron chi connectivity index (χ3n) is 7.86. The molecule has 0 bridgehead atoms. The number of hydrogen-bond donors (Lipinski definition) is 0. The van der Waals surface area contributed by atoms with Gasteiger partial charge in [-0.1, -0.05) is 133 Å². The molecule has 0 aliphatic heterocycles. The Morgan fingerprint density at radius 2 is 0.857 bits per heavy atom. The number of pyridine rings is 1. The molecule has 0 N–H and O–H groups in total. The molecule has 0 atom stereocenters. The second-order valence-corrected chi connectivity index (χ2v) is 10.4. The largest absolute Gasteiger partial charge is 0.247 e. The molecular formula is C39H25N3. The molecule has 0 saturated heterocycles. The quantitative estimate of drug-likeness (QED) is 0.211. The third-order valence-corrected chi connectivity index (χ3v) is 7.86. The maximum Gasteiger partial charge on any atom is 0.161 e. The van der Waals surface area contributed by atoms with E-state index < -0.39 is 0 Å². The van der Waals surface area contributed by atoms with Crippen molar-refractivity contribution in [2.24, 2.45) is 0 Å². The van der Waals surface area contributed by atoms with E-state index in [4.69, 9.17) is 15.0 Å². The van der Waals surface area contributed by atoms with E-state index in [0.29, 0.717) is 5.82 Å². The zero-order valence-corrected chi connectivity index (χ0v) is 22.8. The zero-order valence-electron chi connectivity index (χ0n) is 22.8. The van der Waals surface area contributed by atoms with Gasteiger partial charge in [-0.2, -0.15) is 0 Å². The van der Waals surface area contributed by atoms with Crippen molar-refractivity contribution in [1.82, 2.24) is 15.0 Å². The lowest BCUT2D eigenvalue weighted by Gasteiger charge is -2.16. The molecule has 0 saturated carbocycles. The van der Waals surface area contributed by atoms with E-state index >= 15 is 0 Å². The second kappa shape index (κ2) is 10.1. The van der Waals surface area contributed by atoms with Gasteiger partial charge in [-0.3, -0.25) is 0 Å². The molecule has 0 fully saturated rings. The van der Waals surface area contributed by atoms with Crippen molar-refractivity contribution in [3.63, 3.8) is 0 Å². The van der Waals surface area contributed by atoms with E-state index in [1.54, 1.807) is 0 Å². The van der Waals surface area contributed by atoms with Gasteiger partial charge >= 0.3 is 0 Å². The summed E-state index contributed by atoms with van der Waals surface area (Å²) in [5.41, 5.74) is 7.91. The maximum atomic E-state index is 5.20. The summed E-state index contributed by atoms with van der Waals surface area (Å²) in [5.74, 6) is 0.695. The highest BCUT2D eigenvalue weighted by atomic mass is 14.9. The van der Waals surface area contributed by atoms with Crippen LogP contribution < -0.4 is 0 Å². The molecule has 0 unspecified atom stereocenters. The van der Waals surface area contributed by atoms with Crippen LogP contribution in [0, 0.1) is 0 Å². The van der Waals surface area contributed by atoms with Gasteiger partial charge in [0.25, 0.3) is 0 Å². The van der Waals surface area contributed by atoms with Gasteiger partial charge in [0.15, 0.2) is 5.82 Å². The lowest BCUT2D eigenvalue weighted by molar-refractivity contribution is 1.19. The Bertz CT molecular complexity index is 2170. The van der Waals surface area contributed by atoms with Crippen molar-refractivity contribution in [2.75, 3.05) is 0 Å². The molecule has 8 aromatic rings. The molecule has 0 radical (unpaired) electrons. The monoisotopic (exact) mass is 535 g/mol. The van der Waals surface area contributed by atoms with Crippen molar-refractivity contribution in [2.45, 2.75) is 0 Å². The summed E-state index contributed by atoms with van der Waals surface area (Å²) < 4.78 is 0. The number of aromatic nitrogens is 3. The maximum absolute atomic E-state index is 5.20. The van der Waals surface area contributed by atoms with Crippen LogP contribution in [0.15, 0.2) is 152 Å². The van der Waals surface area contributed by atoms with E-state index in [-0.39, 0.29) is 0 Å². The summed E-state index contributed by atoms with van der Waals surface area (Å²) >= 11 is 0. The van der Waals surface area contributed by atoms with Crippen LogP contribution in [0.5, 0.6) is 0 Å². The minimum Gasteiger partial charge on any atom is -0.247 e. The molecule has 2 heterocycles. The first-order valence-corrected chi connectivity index (χ1v) is 14.1. The number of nitrogens with zero attached hydrogens (tertiary/aromatic N) is 3. The van der Waals surface area contributed by atoms with Crippen LogP contribution in [0.3, 0.4) is 0 Å². The van der Waals surface area contributed by atoms with Crippen molar-refractivity contribution in [3.05, 3.63) is 152 Å². The Hall–Kier alpha value is -5.67. The van der Waals surface area contributed by atoms with Gasteiger partial charge in [0, 0.05) is 38.4 Å². The van der Waals surface area contributed by atoms with E-state index in [1.165, 1.54) is 5.39 Å². The summed E-state index contributed by atoms with van der Waals surface area (Å²) in [6.45, 7) is 0. The average Bonchev–Trinajstić information content (AvgIpc) is 3.08. The van der Waals surface area contributed by atoms with Crippen molar-refractivity contribution in [1.29, 1.82) is 0 Å². The highest BCUT2D eigenvalue weighted by molar-refractivity contribution is 6.25. The minimum absolute atomic E-state index is 0.695. The number of hydrogen-bond acceptors (Lipinski definition) is 3. The minimum atomic E-state index is 0.695. The number of fused-ring (bicyclic) bond motifs is 5. The fourth-order valence-electron chi connectivity index (χ4n) is 5.90. The van der Waals surface area contributed by atoms with Crippen molar-refractivity contribution in [3.8, 4) is 45.2 Å². The molecule has 196 valence electrons. The highest BCUT2D eigenvalue weighted by Crippen LogP contribution is 2.41. The van der Waals surface area contributed by atoms with E-state index in [1.807, 2.05) is 42.5 Å². The second-order valence-electron chi connectivity index (χ2n) is 10.4. The summed E-state index contributed by atoms with van der Waals surface area (Å²) in [6, 6.07) is 52.4. The SMILES string of the molecule is c1ccc(-c2cc(-c3ccccc3)nc(-c3cc4c(-c5ccccc5)nc5ccccc5c4c4ccccc34)n2)cc1. The third kappa shape index (κ3) is 4.11. The van der Waals surface area contributed by atoms with E-state index in [2.05, 4.69) is 109 Å².